The Morgan fingerprint density at radius 1 is 1.00 bits per heavy atom. The second-order valence-corrected chi connectivity index (χ2v) is 10.4. The lowest BCUT2D eigenvalue weighted by molar-refractivity contribution is -0.479. The van der Waals surface area contributed by atoms with Gasteiger partial charge in [0.15, 0.2) is 5.16 Å². The quantitative estimate of drug-likeness (QED) is 0.102. The summed E-state index contributed by atoms with van der Waals surface area (Å²) < 4.78 is 14.2. The van der Waals surface area contributed by atoms with Gasteiger partial charge in [-0.15, -0.1) is 10.2 Å². The molecule has 0 fully saturated rings. The van der Waals surface area contributed by atoms with Gasteiger partial charge in [-0.05, 0) is 74.0 Å². The molecule has 3 aromatic carbocycles. The van der Waals surface area contributed by atoms with E-state index in [1.165, 1.54) is 23.9 Å². The molecule has 0 saturated heterocycles. The molecule has 4 rings (SSSR count). The highest BCUT2D eigenvalue weighted by atomic mass is 79.9. The number of nitro groups is 2. The summed E-state index contributed by atoms with van der Waals surface area (Å²) in [6.45, 7) is 4.02. The Kier molecular flexibility index (Phi) is 9.15. The van der Waals surface area contributed by atoms with Crippen LogP contribution in [0.15, 0.2) is 76.4 Å². The van der Waals surface area contributed by atoms with Crippen LogP contribution in [0.1, 0.15) is 29.1 Å². The molecule has 0 saturated carbocycles. The van der Waals surface area contributed by atoms with Crippen molar-refractivity contribution < 1.29 is 19.3 Å². The number of ether oxygens (including phenoxy) is 2. The highest BCUT2D eigenvalue weighted by Crippen LogP contribution is 2.41. The molecule has 0 radical (unpaired) electrons. The van der Waals surface area contributed by atoms with Crippen molar-refractivity contribution >= 4 is 33.4 Å². The molecule has 1 atom stereocenters. The zero-order valence-electron chi connectivity index (χ0n) is 21.0. The molecule has 13 heteroatoms. The second kappa shape index (κ2) is 12.7. The average molecular weight is 614 g/mol. The summed E-state index contributed by atoms with van der Waals surface area (Å²) in [4.78, 5) is 21.8. The van der Waals surface area contributed by atoms with E-state index >= 15 is 0 Å². The first-order valence-electron chi connectivity index (χ1n) is 11.8. The predicted octanol–water partition coefficient (Wildman–Crippen LogP) is 6.33. The summed E-state index contributed by atoms with van der Waals surface area (Å²) in [6.07, 6.45) is 0. The van der Waals surface area contributed by atoms with Gasteiger partial charge in [0.2, 0.25) is 6.54 Å². The van der Waals surface area contributed by atoms with Crippen molar-refractivity contribution in [2.24, 2.45) is 0 Å². The second-order valence-electron chi connectivity index (χ2n) is 8.31. The maximum absolute atomic E-state index is 11.7. The minimum Gasteiger partial charge on any atom is -0.494 e. The van der Waals surface area contributed by atoms with E-state index in [-0.39, 0.29) is 23.8 Å². The number of aromatic nitrogens is 3. The molecule has 0 amide bonds. The van der Waals surface area contributed by atoms with Crippen molar-refractivity contribution in [3.05, 3.63) is 108 Å². The summed E-state index contributed by atoms with van der Waals surface area (Å²) in [5, 5.41) is 31.0. The first-order chi connectivity index (χ1) is 18.7. The Morgan fingerprint density at radius 2 is 1.72 bits per heavy atom. The van der Waals surface area contributed by atoms with E-state index in [4.69, 9.17) is 9.47 Å². The number of non-ortho nitro benzene ring substituents is 1. The topological polar surface area (TPSA) is 135 Å². The van der Waals surface area contributed by atoms with E-state index < -0.39 is 10.2 Å². The number of hydrogen-bond donors (Lipinski definition) is 0. The lowest BCUT2D eigenvalue weighted by atomic mass is 10.1. The molecule has 0 unspecified atom stereocenters. The van der Waals surface area contributed by atoms with Gasteiger partial charge >= 0.3 is 0 Å². The van der Waals surface area contributed by atoms with Crippen LogP contribution in [0.25, 0.3) is 5.69 Å². The Labute approximate surface area is 236 Å². The van der Waals surface area contributed by atoms with Crippen LogP contribution >= 0.6 is 27.7 Å². The van der Waals surface area contributed by atoms with Crippen LogP contribution in [-0.2, 0) is 6.61 Å². The van der Waals surface area contributed by atoms with Gasteiger partial charge in [-0.3, -0.25) is 24.8 Å². The molecule has 11 nitrogen and oxygen atoms in total. The number of rotatable bonds is 12. The molecular weight excluding hydrogens is 590 g/mol. The minimum absolute atomic E-state index is 0.0162. The standard InChI is InChI=1S/C26H24BrN5O6S/c1-3-37-22-11-9-20(10-12-22)31-17(2)28-29-26(31)39-25(15-30(33)34)23-14-19(27)6-13-24(23)38-16-18-4-7-21(8-5-18)32(35)36/h4-14,25H,3,15-16H2,1-2H3/t25-/m1/s1. The van der Waals surface area contributed by atoms with E-state index in [0.717, 1.165) is 21.5 Å². The first-order valence-corrected chi connectivity index (χ1v) is 13.5. The van der Waals surface area contributed by atoms with Gasteiger partial charge < -0.3 is 9.47 Å². The summed E-state index contributed by atoms with van der Waals surface area (Å²) in [5.74, 6) is 1.82. The number of nitrogens with zero attached hydrogens (tertiary/aromatic N) is 5. The van der Waals surface area contributed by atoms with Crippen molar-refractivity contribution in [2.45, 2.75) is 30.9 Å². The molecule has 0 aliphatic heterocycles. The monoisotopic (exact) mass is 613 g/mol. The molecule has 1 aromatic heterocycles. The van der Waals surface area contributed by atoms with Crippen molar-refractivity contribution in [2.75, 3.05) is 13.2 Å². The van der Waals surface area contributed by atoms with Gasteiger partial charge in [0.05, 0.1) is 11.5 Å². The van der Waals surface area contributed by atoms with E-state index in [2.05, 4.69) is 26.1 Å². The third-order valence-corrected chi connectivity index (χ3v) is 7.28. The van der Waals surface area contributed by atoms with Crippen LogP contribution in [0.2, 0.25) is 0 Å². The van der Waals surface area contributed by atoms with Crippen molar-refractivity contribution in [3.8, 4) is 17.2 Å². The fourth-order valence-electron chi connectivity index (χ4n) is 3.81. The van der Waals surface area contributed by atoms with Crippen LogP contribution < -0.4 is 9.47 Å². The molecule has 39 heavy (non-hydrogen) atoms. The van der Waals surface area contributed by atoms with Gasteiger partial charge in [0.1, 0.15) is 29.2 Å². The van der Waals surface area contributed by atoms with Crippen LogP contribution in [0, 0.1) is 27.2 Å². The zero-order chi connectivity index (χ0) is 27.9. The van der Waals surface area contributed by atoms with E-state index in [1.807, 2.05) is 42.7 Å². The summed E-state index contributed by atoms with van der Waals surface area (Å²) in [7, 11) is 0. The predicted molar refractivity (Wildman–Crippen MR) is 149 cm³/mol. The van der Waals surface area contributed by atoms with E-state index in [1.54, 1.807) is 30.3 Å². The molecule has 0 spiro atoms. The van der Waals surface area contributed by atoms with Gasteiger partial charge in [-0.1, -0.05) is 27.7 Å². The van der Waals surface area contributed by atoms with Crippen LogP contribution in [-0.4, -0.2) is 37.8 Å². The van der Waals surface area contributed by atoms with Crippen LogP contribution in [0.4, 0.5) is 5.69 Å². The van der Waals surface area contributed by atoms with Crippen molar-refractivity contribution in [3.63, 3.8) is 0 Å². The fourth-order valence-corrected chi connectivity index (χ4v) is 5.39. The Balaban J connectivity index is 1.63. The number of benzene rings is 3. The number of nitro benzene ring substituents is 1. The molecule has 4 aromatic rings. The number of thioether (sulfide) groups is 1. The summed E-state index contributed by atoms with van der Waals surface area (Å²) in [5.41, 5.74) is 2.11. The van der Waals surface area contributed by atoms with Gasteiger partial charge in [-0.2, -0.15) is 0 Å². The van der Waals surface area contributed by atoms with Crippen molar-refractivity contribution in [1.29, 1.82) is 0 Å². The molecule has 1 heterocycles. The Bertz CT molecular complexity index is 1460. The van der Waals surface area contributed by atoms with Gasteiger partial charge in [-0.25, -0.2) is 0 Å². The SMILES string of the molecule is CCOc1ccc(-n2c(C)nnc2S[C@H](C[N+](=O)[O-])c2cc(Br)ccc2OCc2ccc([N+](=O)[O-])cc2)cc1. The summed E-state index contributed by atoms with van der Waals surface area (Å²) >= 11 is 4.68. The lowest BCUT2D eigenvalue weighted by Gasteiger charge is -2.18. The molecule has 0 aliphatic carbocycles. The highest BCUT2D eigenvalue weighted by molar-refractivity contribution is 9.10. The maximum atomic E-state index is 11.7. The third-order valence-electron chi connectivity index (χ3n) is 5.62. The smallest absolute Gasteiger partial charge is 0.269 e. The van der Waals surface area contributed by atoms with Gasteiger partial charge in [0, 0.05) is 32.8 Å². The largest absolute Gasteiger partial charge is 0.494 e. The normalized spacial score (nSPS) is 11.7. The molecule has 0 bridgehead atoms. The third kappa shape index (κ3) is 7.12. The Morgan fingerprint density at radius 3 is 2.36 bits per heavy atom. The van der Waals surface area contributed by atoms with E-state index in [0.29, 0.717) is 28.9 Å². The van der Waals surface area contributed by atoms with Crippen LogP contribution in [0.3, 0.4) is 0 Å². The van der Waals surface area contributed by atoms with E-state index in [9.17, 15) is 20.2 Å². The fraction of sp³-hybridized carbons (Fsp3) is 0.231. The Hall–Kier alpha value is -3.97. The molecule has 0 aliphatic rings. The number of halogens is 1. The van der Waals surface area contributed by atoms with Crippen molar-refractivity contribution in [1.82, 2.24) is 14.8 Å². The zero-order valence-corrected chi connectivity index (χ0v) is 23.4. The number of aryl methyl sites for hydroxylation is 1. The minimum atomic E-state index is -0.658. The first kappa shape index (κ1) is 28.0. The molecule has 202 valence electrons. The van der Waals surface area contributed by atoms with Gasteiger partial charge in [0.25, 0.3) is 5.69 Å². The lowest BCUT2D eigenvalue weighted by Crippen LogP contribution is -2.13. The summed E-state index contributed by atoms with van der Waals surface area (Å²) in [6, 6.07) is 18.8. The molecular formula is C26H24BrN5O6S. The maximum Gasteiger partial charge on any atom is 0.269 e. The highest BCUT2D eigenvalue weighted by Gasteiger charge is 2.27. The molecule has 0 N–H and O–H groups in total. The van der Waals surface area contributed by atoms with Crippen LogP contribution in [0.5, 0.6) is 11.5 Å². The number of hydrogen-bond acceptors (Lipinski definition) is 9. The average Bonchev–Trinajstić information content (AvgIpc) is 3.27.